The van der Waals surface area contributed by atoms with E-state index in [1.165, 1.54) is 0 Å². The monoisotopic (exact) mass is 309 g/mol. The van der Waals surface area contributed by atoms with Crippen molar-refractivity contribution in [2.24, 2.45) is 0 Å². The second kappa shape index (κ2) is 6.69. The van der Waals surface area contributed by atoms with Crippen LogP contribution >= 0.6 is 0 Å². The van der Waals surface area contributed by atoms with Crippen molar-refractivity contribution in [3.63, 3.8) is 0 Å². The largest absolute Gasteiger partial charge is 0.497 e. The number of carbonyl (C=O) groups is 1. The van der Waals surface area contributed by atoms with Crippen LogP contribution in [-0.4, -0.2) is 33.2 Å². The van der Waals surface area contributed by atoms with Gasteiger partial charge >= 0.3 is 0 Å². The number of benzene rings is 1. The number of carbonyl (C=O) groups excluding carboxylic acids is 1. The van der Waals surface area contributed by atoms with Crippen molar-refractivity contribution in [1.82, 2.24) is 25.5 Å². The van der Waals surface area contributed by atoms with Crippen molar-refractivity contribution in [3.8, 4) is 17.1 Å². The summed E-state index contributed by atoms with van der Waals surface area (Å²) in [6.07, 6.45) is 3.35. The molecule has 2 aromatic heterocycles. The summed E-state index contributed by atoms with van der Waals surface area (Å²) in [5.74, 6) is 1.58. The van der Waals surface area contributed by atoms with Gasteiger partial charge in [-0.2, -0.15) is 5.10 Å². The molecule has 7 nitrogen and oxygen atoms in total. The van der Waals surface area contributed by atoms with E-state index in [-0.39, 0.29) is 12.5 Å². The van der Waals surface area contributed by atoms with E-state index < -0.39 is 0 Å². The Morgan fingerprint density at radius 1 is 1.26 bits per heavy atom. The molecule has 7 heteroatoms. The molecule has 1 amide bonds. The van der Waals surface area contributed by atoms with Gasteiger partial charge in [0, 0.05) is 23.5 Å². The second-order valence-electron chi connectivity index (χ2n) is 4.76. The van der Waals surface area contributed by atoms with Crippen LogP contribution in [-0.2, 0) is 6.54 Å². The number of pyridine rings is 1. The molecule has 116 valence electrons. The molecular weight excluding hydrogens is 294 g/mol. The first-order valence-corrected chi connectivity index (χ1v) is 7.00. The summed E-state index contributed by atoms with van der Waals surface area (Å²) < 4.78 is 5.11. The number of hydrogen-bond acceptors (Lipinski definition) is 5. The standard InChI is InChI=1S/C16H15N5O2/c1-23-13-4-2-3-12(9-13)16(22)18-10-14-19-15(21-20-14)11-5-7-17-8-6-11/h2-9H,10H2,1H3,(H,18,22)(H,19,20,21). The third kappa shape index (κ3) is 3.52. The lowest BCUT2D eigenvalue weighted by molar-refractivity contribution is 0.0949. The van der Waals surface area contributed by atoms with Gasteiger partial charge in [-0.05, 0) is 30.3 Å². The minimum atomic E-state index is -0.203. The first-order valence-electron chi connectivity index (χ1n) is 7.00. The predicted molar refractivity (Wildman–Crippen MR) is 83.8 cm³/mol. The van der Waals surface area contributed by atoms with Crippen LogP contribution in [0.4, 0.5) is 0 Å². The highest BCUT2D eigenvalue weighted by atomic mass is 16.5. The van der Waals surface area contributed by atoms with Crippen molar-refractivity contribution in [1.29, 1.82) is 0 Å². The van der Waals surface area contributed by atoms with Crippen molar-refractivity contribution < 1.29 is 9.53 Å². The van der Waals surface area contributed by atoms with Crippen molar-refractivity contribution in [3.05, 3.63) is 60.2 Å². The Bertz CT molecular complexity index is 801. The molecule has 0 radical (unpaired) electrons. The average Bonchev–Trinajstić information content (AvgIpc) is 3.09. The third-order valence-corrected chi connectivity index (χ3v) is 3.22. The van der Waals surface area contributed by atoms with Gasteiger partial charge in [-0.1, -0.05) is 6.07 Å². The van der Waals surface area contributed by atoms with Gasteiger partial charge in [0.25, 0.3) is 5.91 Å². The molecule has 23 heavy (non-hydrogen) atoms. The molecule has 2 N–H and O–H groups in total. The molecule has 0 bridgehead atoms. The Kier molecular flexibility index (Phi) is 4.28. The lowest BCUT2D eigenvalue weighted by atomic mass is 10.2. The highest BCUT2D eigenvalue weighted by molar-refractivity contribution is 5.94. The van der Waals surface area contributed by atoms with Gasteiger partial charge in [0.15, 0.2) is 5.82 Å². The summed E-state index contributed by atoms with van der Waals surface area (Å²) in [5, 5.41) is 9.73. The molecular formula is C16H15N5O2. The van der Waals surface area contributed by atoms with Crippen LogP contribution in [0.25, 0.3) is 11.4 Å². The van der Waals surface area contributed by atoms with E-state index in [0.29, 0.717) is 23.0 Å². The number of rotatable bonds is 5. The topological polar surface area (TPSA) is 92.8 Å². The van der Waals surface area contributed by atoms with Crippen LogP contribution in [0.15, 0.2) is 48.8 Å². The normalized spacial score (nSPS) is 10.3. The van der Waals surface area contributed by atoms with Gasteiger partial charge in [-0.15, -0.1) is 0 Å². The van der Waals surface area contributed by atoms with E-state index in [1.807, 2.05) is 12.1 Å². The number of amides is 1. The van der Waals surface area contributed by atoms with Gasteiger partial charge in [0.1, 0.15) is 11.6 Å². The van der Waals surface area contributed by atoms with E-state index in [1.54, 1.807) is 43.8 Å². The fraction of sp³-hybridized carbons (Fsp3) is 0.125. The number of ether oxygens (including phenoxy) is 1. The summed E-state index contributed by atoms with van der Waals surface area (Å²) in [7, 11) is 1.56. The minimum absolute atomic E-state index is 0.203. The van der Waals surface area contributed by atoms with Gasteiger partial charge in [-0.25, -0.2) is 4.98 Å². The summed E-state index contributed by atoms with van der Waals surface area (Å²) >= 11 is 0. The predicted octanol–water partition coefficient (Wildman–Crippen LogP) is 1.81. The highest BCUT2D eigenvalue weighted by Gasteiger charge is 2.09. The number of methoxy groups -OCH3 is 1. The third-order valence-electron chi connectivity index (χ3n) is 3.22. The van der Waals surface area contributed by atoms with Gasteiger partial charge in [0.05, 0.1) is 13.7 Å². The fourth-order valence-corrected chi connectivity index (χ4v) is 2.03. The van der Waals surface area contributed by atoms with Crippen LogP contribution in [0.2, 0.25) is 0 Å². The van der Waals surface area contributed by atoms with Gasteiger partial charge in [-0.3, -0.25) is 14.9 Å². The molecule has 0 unspecified atom stereocenters. The Balaban J connectivity index is 1.64. The first-order chi connectivity index (χ1) is 11.3. The lowest BCUT2D eigenvalue weighted by Gasteiger charge is -2.05. The Morgan fingerprint density at radius 2 is 2.09 bits per heavy atom. The molecule has 0 aliphatic rings. The summed E-state index contributed by atoms with van der Waals surface area (Å²) in [5.41, 5.74) is 1.39. The fourth-order valence-electron chi connectivity index (χ4n) is 2.03. The SMILES string of the molecule is COc1cccc(C(=O)NCc2nc(-c3ccncc3)n[nH]2)c1. The molecule has 0 atom stereocenters. The number of hydrogen-bond donors (Lipinski definition) is 2. The Labute approximate surface area is 132 Å². The maximum absolute atomic E-state index is 12.1. The van der Waals surface area contributed by atoms with E-state index >= 15 is 0 Å². The van der Waals surface area contributed by atoms with Crippen LogP contribution in [0, 0.1) is 0 Å². The first kappa shape index (κ1) is 14.7. The molecule has 0 aliphatic heterocycles. The van der Waals surface area contributed by atoms with Crippen molar-refractivity contribution >= 4 is 5.91 Å². The van der Waals surface area contributed by atoms with Gasteiger partial charge in [0.2, 0.25) is 0 Å². The van der Waals surface area contributed by atoms with Crippen LogP contribution in [0.3, 0.4) is 0 Å². The van der Waals surface area contributed by atoms with E-state index in [2.05, 4.69) is 25.5 Å². The number of nitrogens with zero attached hydrogens (tertiary/aromatic N) is 3. The maximum Gasteiger partial charge on any atom is 0.251 e. The summed E-state index contributed by atoms with van der Waals surface area (Å²) in [4.78, 5) is 20.4. The second-order valence-corrected chi connectivity index (χ2v) is 4.76. The zero-order valence-electron chi connectivity index (χ0n) is 12.5. The lowest BCUT2D eigenvalue weighted by Crippen LogP contribution is -2.23. The summed E-state index contributed by atoms with van der Waals surface area (Å²) in [6, 6.07) is 10.6. The zero-order chi connectivity index (χ0) is 16.1. The average molecular weight is 309 g/mol. The number of nitrogens with one attached hydrogen (secondary N) is 2. The molecule has 0 saturated heterocycles. The van der Waals surface area contributed by atoms with E-state index in [9.17, 15) is 4.79 Å². The molecule has 3 aromatic rings. The Morgan fingerprint density at radius 3 is 2.87 bits per heavy atom. The quantitative estimate of drug-likeness (QED) is 0.749. The number of aromatic amines is 1. The minimum Gasteiger partial charge on any atom is -0.497 e. The highest BCUT2D eigenvalue weighted by Crippen LogP contribution is 2.13. The Hall–Kier alpha value is -3.22. The van der Waals surface area contributed by atoms with Crippen LogP contribution < -0.4 is 10.1 Å². The van der Waals surface area contributed by atoms with Crippen molar-refractivity contribution in [2.75, 3.05) is 7.11 Å². The van der Waals surface area contributed by atoms with E-state index in [0.717, 1.165) is 5.56 Å². The van der Waals surface area contributed by atoms with Crippen LogP contribution in [0.1, 0.15) is 16.2 Å². The molecule has 0 saturated carbocycles. The molecule has 2 heterocycles. The molecule has 1 aromatic carbocycles. The van der Waals surface area contributed by atoms with E-state index in [4.69, 9.17) is 4.74 Å². The smallest absolute Gasteiger partial charge is 0.251 e. The van der Waals surface area contributed by atoms with Crippen LogP contribution in [0.5, 0.6) is 5.75 Å². The number of aromatic nitrogens is 4. The number of H-pyrrole nitrogens is 1. The van der Waals surface area contributed by atoms with Crippen molar-refractivity contribution in [2.45, 2.75) is 6.54 Å². The van der Waals surface area contributed by atoms with Gasteiger partial charge < -0.3 is 10.1 Å². The molecule has 3 rings (SSSR count). The molecule has 0 aliphatic carbocycles. The maximum atomic E-state index is 12.1. The summed E-state index contributed by atoms with van der Waals surface area (Å²) in [6.45, 7) is 0.258. The molecule has 0 spiro atoms. The zero-order valence-corrected chi connectivity index (χ0v) is 12.5. The molecule has 0 fully saturated rings.